The van der Waals surface area contributed by atoms with Crippen molar-refractivity contribution in [3.8, 4) is 0 Å². The Morgan fingerprint density at radius 3 is 2.68 bits per heavy atom. The first kappa shape index (κ1) is 12.4. The molecule has 1 aliphatic rings. The Morgan fingerprint density at radius 2 is 2.00 bits per heavy atom. The van der Waals surface area contributed by atoms with E-state index >= 15 is 0 Å². The highest BCUT2D eigenvalue weighted by Gasteiger charge is 2.37. The lowest BCUT2D eigenvalue weighted by atomic mass is 10.2. The predicted octanol–water partition coefficient (Wildman–Crippen LogP) is 1.67. The van der Waals surface area contributed by atoms with E-state index in [0.717, 1.165) is 5.56 Å². The zero-order valence-electron chi connectivity index (χ0n) is 10.2. The van der Waals surface area contributed by atoms with E-state index in [9.17, 15) is 8.42 Å². The molecule has 0 spiro atoms. The van der Waals surface area contributed by atoms with Crippen LogP contribution in [0.2, 0.25) is 0 Å². The number of hydrogen-bond donors (Lipinski definition) is 1. The third kappa shape index (κ3) is 2.56. The van der Waals surface area contributed by atoms with Crippen molar-refractivity contribution in [2.45, 2.75) is 12.6 Å². The van der Waals surface area contributed by atoms with Crippen LogP contribution in [0.15, 0.2) is 53.1 Å². The van der Waals surface area contributed by atoms with Gasteiger partial charge in [0.1, 0.15) is 5.76 Å². The van der Waals surface area contributed by atoms with E-state index in [1.807, 2.05) is 30.3 Å². The molecule has 1 aliphatic heterocycles. The minimum atomic E-state index is -3.44. The van der Waals surface area contributed by atoms with Crippen molar-refractivity contribution in [3.05, 3.63) is 60.1 Å². The normalized spacial score (nSPS) is 22.6. The maximum atomic E-state index is 12.0. The van der Waals surface area contributed by atoms with E-state index in [1.54, 1.807) is 18.4 Å². The summed E-state index contributed by atoms with van der Waals surface area (Å²) in [4.78, 5) is 0. The third-order valence-electron chi connectivity index (χ3n) is 3.11. The van der Waals surface area contributed by atoms with Crippen LogP contribution in [0.4, 0.5) is 0 Å². The van der Waals surface area contributed by atoms with Gasteiger partial charge in [-0.3, -0.25) is 0 Å². The average molecular weight is 278 g/mol. The van der Waals surface area contributed by atoms with Crippen molar-refractivity contribution in [2.24, 2.45) is 0 Å². The van der Waals surface area contributed by atoms with Crippen molar-refractivity contribution < 1.29 is 12.8 Å². The third-order valence-corrected chi connectivity index (χ3v) is 4.65. The first-order valence-electron chi connectivity index (χ1n) is 6.00. The highest BCUT2D eigenvalue weighted by Crippen LogP contribution is 2.25. The van der Waals surface area contributed by atoms with Gasteiger partial charge >= 0.3 is 0 Å². The van der Waals surface area contributed by atoms with Crippen LogP contribution in [-0.4, -0.2) is 19.3 Å². The monoisotopic (exact) mass is 278 g/mol. The number of hydrogen-bond acceptors (Lipinski definition) is 3. The summed E-state index contributed by atoms with van der Waals surface area (Å²) in [5, 5.41) is 0. The maximum Gasteiger partial charge on any atom is 0.280 e. The second-order valence-electron chi connectivity index (χ2n) is 4.47. The number of furan rings is 1. The molecule has 0 unspecified atom stereocenters. The molecule has 1 N–H and O–H groups in total. The molecule has 0 saturated carbocycles. The van der Waals surface area contributed by atoms with E-state index in [-0.39, 0.29) is 6.04 Å². The van der Waals surface area contributed by atoms with E-state index in [0.29, 0.717) is 18.8 Å². The molecule has 3 rings (SSSR count). The Balaban J connectivity index is 1.79. The lowest BCUT2D eigenvalue weighted by Gasteiger charge is -2.12. The summed E-state index contributed by atoms with van der Waals surface area (Å²) in [5.41, 5.74) is 0.966. The van der Waals surface area contributed by atoms with Crippen LogP contribution in [0.1, 0.15) is 17.4 Å². The summed E-state index contributed by atoms with van der Waals surface area (Å²) in [7, 11) is -3.44. The van der Waals surface area contributed by atoms with Crippen LogP contribution in [0.3, 0.4) is 0 Å². The molecule has 0 bridgehead atoms. The van der Waals surface area contributed by atoms with Crippen molar-refractivity contribution in [1.82, 2.24) is 9.03 Å². The topological polar surface area (TPSA) is 62.6 Å². The Hall–Kier alpha value is -1.63. The van der Waals surface area contributed by atoms with Crippen LogP contribution in [0, 0.1) is 0 Å². The largest absolute Gasteiger partial charge is 0.468 e. The van der Waals surface area contributed by atoms with E-state index < -0.39 is 10.2 Å². The molecule has 1 atom stereocenters. The molecular formula is C13H14N2O3S. The number of benzene rings is 1. The predicted molar refractivity (Wildman–Crippen MR) is 70.4 cm³/mol. The molecule has 6 heteroatoms. The van der Waals surface area contributed by atoms with E-state index in [2.05, 4.69) is 4.72 Å². The van der Waals surface area contributed by atoms with Crippen LogP contribution < -0.4 is 4.72 Å². The van der Waals surface area contributed by atoms with Crippen molar-refractivity contribution in [1.29, 1.82) is 0 Å². The molecular weight excluding hydrogens is 264 g/mol. The Kier molecular flexibility index (Phi) is 3.14. The fourth-order valence-electron chi connectivity index (χ4n) is 2.17. The molecule has 1 aromatic carbocycles. The van der Waals surface area contributed by atoms with Gasteiger partial charge in [-0.1, -0.05) is 30.3 Å². The Morgan fingerprint density at radius 1 is 1.21 bits per heavy atom. The first-order valence-corrected chi connectivity index (χ1v) is 7.44. The SMILES string of the molecule is O=S1(=O)N[C@H](c2ccco2)CN1Cc1ccccc1. The minimum Gasteiger partial charge on any atom is -0.468 e. The number of rotatable bonds is 3. The van der Waals surface area contributed by atoms with Gasteiger partial charge in [0.05, 0.1) is 12.3 Å². The molecule has 1 fully saturated rings. The van der Waals surface area contributed by atoms with Crippen molar-refractivity contribution in [3.63, 3.8) is 0 Å². The molecule has 0 aliphatic carbocycles. The first-order chi connectivity index (χ1) is 9.15. The lowest BCUT2D eigenvalue weighted by molar-refractivity contribution is 0.393. The maximum absolute atomic E-state index is 12.0. The number of nitrogens with zero attached hydrogens (tertiary/aromatic N) is 1. The second kappa shape index (κ2) is 4.80. The van der Waals surface area contributed by atoms with Crippen molar-refractivity contribution in [2.75, 3.05) is 6.54 Å². The molecule has 1 saturated heterocycles. The molecule has 5 nitrogen and oxygen atoms in total. The van der Waals surface area contributed by atoms with E-state index in [4.69, 9.17) is 4.42 Å². The fraction of sp³-hybridized carbons (Fsp3) is 0.231. The highest BCUT2D eigenvalue weighted by atomic mass is 32.2. The standard InChI is InChI=1S/C13H14N2O3S/c16-19(17)14-12(13-7-4-8-18-13)10-15(19)9-11-5-2-1-3-6-11/h1-8,12,14H,9-10H2/t12-/m0/s1. The molecule has 0 radical (unpaired) electrons. The summed E-state index contributed by atoms with van der Waals surface area (Å²) < 4.78 is 33.4. The van der Waals surface area contributed by atoms with Gasteiger partial charge in [-0.15, -0.1) is 0 Å². The summed E-state index contributed by atoms with van der Waals surface area (Å²) >= 11 is 0. The van der Waals surface area contributed by atoms with Crippen molar-refractivity contribution >= 4 is 10.2 Å². The molecule has 0 amide bonds. The molecule has 100 valence electrons. The number of nitrogens with one attached hydrogen (secondary N) is 1. The van der Waals surface area contributed by atoms with Gasteiger partial charge in [-0.25, -0.2) is 0 Å². The zero-order chi connectivity index (χ0) is 13.3. The lowest BCUT2D eigenvalue weighted by Crippen LogP contribution is -2.29. The summed E-state index contributed by atoms with van der Waals surface area (Å²) in [6.07, 6.45) is 1.55. The summed E-state index contributed by atoms with van der Waals surface area (Å²) in [6, 6.07) is 12.7. The Bertz CT molecular complexity index is 638. The van der Waals surface area contributed by atoms with Crippen LogP contribution in [0.25, 0.3) is 0 Å². The van der Waals surface area contributed by atoms with Crippen LogP contribution in [-0.2, 0) is 16.8 Å². The van der Waals surface area contributed by atoms with E-state index in [1.165, 1.54) is 4.31 Å². The van der Waals surface area contributed by atoms with Gasteiger partial charge in [0.15, 0.2) is 0 Å². The van der Waals surface area contributed by atoms with Gasteiger partial charge in [-0.05, 0) is 17.7 Å². The second-order valence-corrected chi connectivity index (χ2v) is 6.17. The fourth-order valence-corrected chi connectivity index (χ4v) is 3.53. The molecule has 19 heavy (non-hydrogen) atoms. The molecule has 2 heterocycles. The quantitative estimate of drug-likeness (QED) is 0.929. The van der Waals surface area contributed by atoms with Crippen LogP contribution >= 0.6 is 0 Å². The Labute approximate surface area is 112 Å². The smallest absolute Gasteiger partial charge is 0.280 e. The average Bonchev–Trinajstić information content (AvgIpc) is 2.99. The van der Waals surface area contributed by atoms with Gasteiger partial charge in [0.25, 0.3) is 10.2 Å². The highest BCUT2D eigenvalue weighted by molar-refractivity contribution is 7.87. The molecule has 2 aromatic rings. The van der Waals surface area contributed by atoms with Gasteiger partial charge in [0, 0.05) is 13.1 Å². The van der Waals surface area contributed by atoms with Gasteiger partial charge in [-0.2, -0.15) is 17.4 Å². The van der Waals surface area contributed by atoms with Gasteiger partial charge in [0.2, 0.25) is 0 Å². The van der Waals surface area contributed by atoms with Gasteiger partial charge < -0.3 is 4.42 Å². The molecule has 1 aromatic heterocycles. The zero-order valence-corrected chi connectivity index (χ0v) is 11.0. The summed E-state index contributed by atoms with van der Waals surface area (Å²) in [5.74, 6) is 0.638. The minimum absolute atomic E-state index is 0.316. The van der Waals surface area contributed by atoms with Crippen LogP contribution in [0.5, 0.6) is 0 Å². The summed E-state index contributed by atoms with van der Waals surface area (Å²) in [6.45, 7) is 0.748.